The Morgan fingerprint density at radius 3 is 2.65 bits per heavy atom. The van der Waals surface area contributed by atoms with Gasteiger partial charge in [-0.05, 0) is 51.0 Å². The lowest BCUT2D eigenvalue weighted by Gasteiger charge is -2.41. The van der Waals surface area contributed by atoms with Crippen LogP contribution in [-0.4, -0.2) is 47.7 Å². The van der Waals surface area contributed by atoms with Crippen LogP contribution in [0.4, 0.5) is 11.4 Å². The second-order valence-corrected chi connectivity index (χ2v) is 8.12. The van der Waals surface area contributed by atoms with E-state index in [1.165, 1.54) is 0 Å². The number of piperidine rings is 1. The summed E-state index contributed by atoms with van der Waals surface area (Å²) in [6.07, 6.45) is 6.15. The molecule has 4 rings (SSSR count). The summed E-state index contributed by atoms with van der Waals surface area (Å²) in [7, 11) is 0. The Labute approximate surface area is 155 Å². The molecule has 138 valence electrons. The molecule has 1 N–H and O–H groups in total. The van der Waals surface area contributed by atoms with Gasteiger partial charge in [0.15, 0.2) is 0 Å². The van der Waals surface area contributed by atoms with Crippen molar-refractivity contribution in [2.75, 3.05) is 24.5 Å². The van der Waals surface area contributed by atoms with Gasteiger partial charge in [0.25, 0.3) is 0 Å². The van der Waals surface area contributed by atoms with Crippen LogP contribution in [0.5, 0.6) is 0 Å². The molecule has 1 aliphatic carbocycles. The maximum atomic E-state index is 13.4. The molecule has 1 aromatic rings. The third kappa shape index (κ3) is 2.97. The minimum atomic E-state index is -0.288. The number of benzene rings is 1. The summed E-state index contributed by atoms with van der Waals surface area (Å²) in [6, 6.07) is 8.04. The molecule has 26 heavy (non-hydrogen) atoms. The Kier molecular flexibility index (Phi) is 4.62. The fourth-order valence-electron chi connectivity index (χ4n) is 5.11. The molecule has 3 aliphatic rings. The molecule has 2 aliphatic heterocycles. The number of carbonyl (C=O) groups excluding carboxylic acids is 1. The Morgan fingerprint density at radius 2 is 1.88 bits per heavy atom. The number of likely N-dealkylation sites (tertiary alicyclic amines) is 1. The molecule has 1 spiro atoms. The highest BCUT2D eigenvalue weighted by Crippen LogP contribution is 2.44. The highest BCUT2D eigenvalue weighted by atomic mass is 16.3. The molecular weight excluding hydrogens is 326 g/mol. The summed E-state index contributed by atoms with van der Waals surface area (Å²) in [5.74, 6) is 0.309. The van der Waals surface area contributed by atoms with E-state index in [0.29, 0.717) is 17.6 Å². The fraction of sp³-hybridized carbons (Fsp3) is 0.619. The van der Waals surface area contributed by atoms with Crippen LogP contribution in [0.2, 0.25) is 0 Å². The van der Waals surface area contributed by atoms with E-state index in [1.54, 1.807) is 0 Å². The summed E-state index contributed by atoms with van der Waals surface area (Å²) in [5, 5.41) is 9.75. The van der Waals surface area contributed by atoms with Crippen LogP contribution < -0.4 is 4.90 Å². The molecule has 0 aromatic heterocycles. The fourth-order valence-corrected chi connectivity index (χ4v) is 5.11. The molecule has 1 aromatic carbocycles. The van der Waals surface area contributed by atoms with E-state index in [4.69, 9.17) is 6.57 Å². The predicted octanol–water partition coefficient (Wildman–Crippen LogP) is 3.36. The number of amides is 1. The van der Waals surface area contributed by atoms with Gasteiger partial charge in [0.2, 0.25) is 11.6 Å². The number of anilines is 1. The molecule has 1 atom stereocenters. The zero-order valence-electron chi connectivity index (χ0n) is 15.2. The van der Waals surface area contributed by atoms with Crippen molar-refractivity contribution in [3.63, 3.8) is 0 Å². The number of nitrogens with zero attached hydrogens (tertiary/aromatic N) is 3. The third-order valence-electron chi connectivity index (χ3n) is 6.57. The van der Waals surface area contributed by atoms with Crippen LogP contribution in [0.15, 0.2) is 24.3 Å². The van der Waals surface area contributed by atoms with E-state index >= 15 is 0 Å². The topological polar surface area (TPSA) is 48.1 Å². The van der Waals surface area contributed by atoms with Gasteiger partial charge in [-0.15, -0.1) is 0 Å². The quantitative estimate of drug-likeness (QED) is 0.830. The lowest BCUT2D eigenvalue weighted by molar-refractivity contribution is -0.139. The van der Waals surface area contributed by atoms with E-state index in [0.717, 1.165) is 70.3 Å². The van der Waals surface area contributed by atoms with Crippen LogP contribution in [0.25, 0.3) is 4.85 Å². The number of aliphatic hydroxyl groups is 1. The largest absolute Gasteiger partial charge is 0.393 e. The first-order valence-electron chi connectivity index (χ1n) is 9.83. The lowest BCUT2D eigenvalue weighted by atomic mass is 9.78. The van der Waals surface area contributed by atoms with Gasteiger partial charge < -0.3 is 14.9 Å². The highest BCUT2D eigenvalue weighted by Gasteiger charge is 2.50. The highest BCUT2D eigenvalue weighted by molar-refractivity contribution is 5.86. The molecular formula is C21H27N3O2. The van der Waals surface area contributed by atoms with E-state index in [2.05, 4.69) is 14.6 Å². The minimum absolute atomic E-state index is 0.187. The number of hydrogen-bond acceptors (Lipinski definition) is 3. The summed E-state index contributed by atoms with van der Waals surface area (Å²) in [4.78, 5) is 21.4. The molecule has 0 unspecified atom stereocenters. The number of para-hydroxylation sites is 2. The van der Waals surface area contributed by atoms with Crippen LogP contribution in [-0.2, 0) is 4.79 Å². The zero-order chi connectivity index (χ0) is 18.1. The van der Waals surface area contributed by atoms with Crippen molar-refractivity contribution < 1.29 is 9.90 Å². The van der Waals surface area contributed by atoms with E-state index < -0.39 is 0 Å². The van der Waals surface area contributed by atoms with Crippen molar-refractivity contribution >= 4 is 17.3 Å². The van der Waals surface area contributed by atoms with Crippen LogP contribution in [0.1, 0.15) is 44.9 Å². The molecule has 2 saturated heterocycles. The molecule has 1 saturated carbocycles. The lowest BCUT2D eigenvalue weighted by Crippen LogP contribution is -2.50. The van der Waals surface area contributed by atoms with Crippen molar-refractivity contribution in [3.8, 4) is 0 Å². The van der Waals surface area contributed by atoms with Crippen LogP contribution in [0, 0.1) is 12.0 Å². The Hall–Kier alpha value is -2.06. The summed E-state index contributed by atoms with van der Waals surface area (Å²) < 4.78 is 0. The van der Waals surface area contributed by atoms with Gasteiger partial charge in [-0.25, -0.2) is 4.85 Å². The number of carbonyl (C=O) groups is 1. The third-order valence-corrected chi connectivity index (χ3v) is 6.57. The first-order chi connectivity index (χ1) is 12.6. The van der Waals surface area contributed by atoms with Gasteiger partial charge in [0.1, 0.15) is 0 Å². The number of rotatable bonds is 2. The predicted molar refractivity (Wildman–Crippen MR) is 101 cm³/mol. The molecule has 2 heterocycles. The molecule has 0 bridgehead atoms. The van der Waals surface area contributed by atoms with Crippen molar-refractivity contribution in [1.29, 1.82) is 0 Å². The van der Waals surface area contributed by atoms with Gasteiger partial charge in [-0.1, -0.05) is 18.2 Å². The second-order valence-electron chi connectivity index (χ2n) is 8.12. The molecule has 5 heteroatoms. The van der Waals surface area contributed by atoms with E-state index in [-0.39, 0.29) is 11.5 Å². The van der Waals surface area contributed by atoms with Crippen molar-refractivity contribution in [2.45, 2.75) is 57.1 Å². The first-order valence-corrected chi connectivity index (χ1v) is 9.83. The summed E-state index contributed by atoms with van der Waals surface area (Å²) in [5.41, 5.74) is 1.35. The first kappa shape index (κ1) is 17.4. The van der Waals surface area contributed by atoms with Gasteiger partial charge in [0.05, 0.1) is 18.1 Å². The smallest absolute Gasteiger partial charge is 0.230 e. The molecule has 5 nitrogen and oxygen atoms in total. The minimum Gasteiger partial charge on any atom is -0.393 e. The van der Waals surface area contributed by atoms with Crippen molar-refractivity contribution in [1.82, 2.24) is 4.90 Å². The van der Waals surface area contributed by atoms with Gasteiger partial charge >= 0.3 is 0 Å². The van der Waals surface area contributed by atoms with Crippen molar-refractivity contribution in [2.24, 2.45) is 5.41 Å². The second kappa shape index (κ2) is 6.92. The van der Waals surface area contributed by atoms with Gasteiger partial charge in [0, 0.05) is 31.4 Å². The average Bonchev–Trinajstić information content (AvgIpc) is 2.98. The average molecular weight is 353 g/mol. The number of hydrogen-bond donors (Lipinski definition) is 1. The zero-order valence-corrected chi connectivity index (χ0v) is 15.2. The Morgan fingerprint density at radius 1 is 1.12 bits per heavy atom. The van der Waals surface area contributed by atoms with Gasteiger partial charge in [-0.2, -0.15) is 0 Å². The standard InChI is InChI=1S/C21H27N3O2/c1-22-18-5-2-3-6-19(18)23-13-4-11-21(15-23)12-14-24(20(21)26)16-7-9-17(25)10-8-16/h2-3,5-6,16-17,25H,4,7-15H2/t16-,17-,21-/m0/s1. The maximum absolute atomic E-state index is 13.4. The van der Waals surface area contributed by atoms with Crippen LogP contribution >= 0.6 is 0 Å². The normalized spacial score (nSPS) is 32.1. The monoisotopic (exact) mass is 353 g/mol. The molecule has 3 fully saturated rings. The molecule has 1 amide bonds. The Bertz CT molecular complexity index is 720. The molecule has 0 radical (unpaired) electrons. The van der Waals surface area contributed by atoms with Crippen LogP contribution in [0.3, 0.4) is 0 Å². The van der Waals surface area contributed by atoms with E-state index in [9.17, 15) is 9.90 Å². The number of aliphatic hydroxyl groups excluding tert-OH is 1. The van der Waals surface area contributed by atoms with Gasteiger partial charge in [-0.3, -0.25) is 4.79 Å². The summed E-state index contributed by atoms with van der Waals surface area (Å²) >= 11 is 0. The Balaban J connectivity index is 1.52. The maximum Gasteiger partial charge on any atom is 0.230 e. The SMILES string of the molecule is [C-]#[N+]c1ccccc1N1CCC[C@]2(CCN([C@H]3CC[C@H](O)CC3)C2=O)C1. The van der Waals surface area contributed by atoms with E-state index in [1.807, 2.05) is 24.3 Å². The summed E-state index contributed by atoms with van der Waals surface area (Å²) in [6.45, 7) is 9.91. The van der Waals surface area contributed by atoms with Crippen molar-refractivity contribution in [3.05, 3.63) is 35.7 Å².